The molecule has 2 rings (SSSR count). The predicted molar refractivity (Wildman–Crippen MR) is 98.0 cm³/mol. The topological polar surface area (TPSA) is 84.5 Å². The second-order valence-corrected chi connectivity index (χ2v) is 7.81. The van der Waals surface area contributed by atoms with Gasteiger partial charge in [0.15, 0.2) is 9.84 Å². The average Bonchev–Trinajstić information content (AvgIpc) is 2.53. The van der Waals surface area contributed by atoms with E-state index >= 15 is 0 Å². The van der Waals surface area contributed by atoms with Crippen LogP contribution in [-0.2, 0) is 9.84 Å². The summed E-state index contributed by atoms with van der Waals surface area (Å²) in [4.78, 5) is 12.1. The number of benzene rings is 2. The maximum absolute atomic E-state index is 12.0. The Hall–Kier alpha value is -2.54. The van der Waals surface area contributed by atoms with Crippen molar-refractivity contribution in [1.82, 2.24) is 5.32 Å². The molecule has 134 valence electrons. The number of ether oxygens (including phenoxy) is 1. The molecule has 0 bridgehead atoms. The Kier molecular flexibility index (Phi) is 6.03. The van der Waals surface area contributed by atoms with Gasteiger partial charge in [-0.15, -0.1) is 0 Å². The van der Waals surface area contributed by atoms with Crippen molar-refractivity contribution in [3.05, 3.63) is 53.6 Å². The highest BCUT2D eigenvalue weighted by molar-refractivity contribution is 7.90. The monoisotopic (exact) mass is 362 g/mol. The van der Waals surface area contributed by atoms with Gasteiger partial charge >= 0.3 is 6.03 Å². The van der Waals surface area contributed by atoms with E-state index in [1.807, 2.05) is 31.2 Å². The maximum Gasteiger partial charge on any atom is 0.319 e. The third-order valence-electron chi connectivity index (χ3n) is 3.53. The van der Waals surface area contributed by atoms with E-state index in [2.05, 4.69) is 10.6 Å². The largest absolute Gasteiger partial charge is 0.492 e. The van der Waals surface area contributed by atoms with Crippen molar-refractivity contribution in [3.8, 4) is 5.75 Å². The first kappa shape index (κ1) is 18.8. The Labute approximate surface area is 148 Å². The van der Waals surface area contributed by atoms with Crippen molar-refractivity contribution >= 4 is 21.6 Å². The molecule has 0 spiro atoms. The number of rotatable bonds is 6. The van der Waals surface area contributed by atoms with Crippen LogP contribution in [0.2, 0.25) is 0 Å². The molecule has 2 aromatic carbocycles. The maximum atomic E-state index is 12.0. The summed E-state index contributed by atoms with van der Waals surface area (Å²) in [5, 5.41) is 5.34. The molecule has 0 aliphatic carbocycles. The summed E-state index contributed by atoms with van der Waals surface area (Å²) in [5.41, 5.74) is 2.34. The number of urea groups is 1. The number of hydrogen-bond donors (Lipinski definition) is 2. The molecule has 0 aromatic heterocycles. The minimum Gasteiger partial charge on any atom is -0.492 e. The summed E-state index contributed by atoms with van der Waals surface area (Å²) in [6.45, 7) is 4.43. The highest BCUT2D eigenvalue weighted by Gasteiger charge is 2.11. The lowest BCUT2D eigenvalue weighted by Gasteiger charge is -2.12. The second kappa shape index (κ2) is 8.02. The van der Waals surface area contributed by atoms with E-state index in [0.29, 0.717) is 18.8 Å². The Morgan fingerprint density at radius 3 is 2.56 bits per heavy atom. The summed E-state index contributed by atoms with van der Waals surface area (Å²) >= 11 is 0. The van der Waals surface area contributed by atoms with Crippen LogP contribution in [0.25, 0.3) is 0 Å². The van der Waals surface area contributed by atoms with Crippen molar-refractivity contribution in [2.75, 3.05) is 24.7 Å². The fraction of sp³-hybridized carbons (Fsp3) is 0.278. The smallest absolute Gasteiger partial charge is 0.319 e. The van der Waals surface area contributed by atoms with E-state index in [9.17, 15) is 13.2 Å². The van der Waals surface area contributed by atoms with Crippen LogP contribution in [0.4, 0.5) is 10.5 Å². The van der Waals surface area contributed by atoms with E-state index in [1.165, 1.54) is 12.1 Å². The van der Waals surface area contributed by atoms with E-state index in [1.54, 1.807) is 13.0 Å². The van der Waals surface area contributed by atoms with Crippen molar-refractivity contribution < 1.29 is 17.9 Å². The third kappa shape index (κ3) is 5.79. The molecule has 0 radical (unpaired) electrons. The summed E-state index contributed by atoms with van der Waals surface area (Å²) in [6.07, 6.45) is 1.13. The van der Waals surface area contributed by atoms with Gasteiger partial charge in [0.25, 0.3) is 0 Å². The minimum absolute atomic E-state index is 0.163. The first-order chi connectivity index (χ1) is 11.8. The molecule has 7 heteroatoms. The SMILES string of the molecule is Cc1cccc(OCCNC(=O)Nc2cc(S(C)(=O)=O)ccc2C)c1. The number of nitrogens with one attached hydrogen (secondary N) is 2. The first-order valence-corrected chi connectivity index (χ1v) is 9.70. The number of sulfone groups is 1. The van der Waals surface area contributed by atoms with Crippen LogP contribution in [0.1, 0.15) is 11.1 Å². The normalized spacial score (nSPS) is 11.0. The lowest BCUT2D eigenvalue weighted by Crippen LogP contribution is -2.32. The van der Waals surface area contributed by atoms with Crippen LogP contribution in [0.15, 0.2) is 47.4 Å². The Morgan fingerprint density at radius 2 is 1.88 bits per heavy atom. The molecule has 0 heterocycles. The number of hydrogen-bond acceptors (Lipinski definition) is 4. The van der Waals surface area contributed by atoms with Crippen LogP contribution in [0.3, 0.4) is 0 Å². The zero-order valence-electron chi connectivity index (χ0n) is 14.5. The molecule has 25 heavy (non-hydrogen) atoms. The van der Waals surface area contributed by atoms with Crippen LogP contribution >= 0.6 is 0 Å². The van der Waals surface area contributed by atoms with Gasteiger partial charge < -0.3 is 15.4 Å². The lowest BCUT2D eigenvalue weighted by molar-refractivity contribution is 0.247. The van der Waals surface area contributed by atoms with E-state index in [-0.39, 0.29) is 4.90 Å². The molecule has 0 atom stereocenters. The van der Waals surface area contributed by atoms with E-state index in [0.717, 1.165) is 23.1 Å². The van der Waals surface area contributed by atoms with Gasteiger partial charge in [-0.3, -0.25) is 0 Å². The molecule has 0 saturated carbocycles. The Balaban J connectivity index is 1.86. The molecule has 0 unspecified atom stereocenters. The predicted octanol–water partition coefficient (Wildman–Crippen LogP) is 2.91. The fourth-order valence-electron chi connectivity index (χ4n) is 2.17. The van der Waals surface area contributed by atoms with E-state index < -0.39 is 15.9 Å². The fourth-order valence-corrected chi connectivity index (χ4v) is 2.82. The zero-order valence-corrected chi connectivity index (χ0v) is 15.3. The third-order valence-corrected chi connectivity index (χ3v) is 4.64. The van der Waals surface area contributed by atoms with Crippen LogP contribution in [0, 0.1) is 13.8 Å². The molecule has 0 aliphatic rings. The van der Waals surface area contributed by atoms with Crippen molar-refractivity contribution in [1.29, 1.82) is 0 Å². The minimum atomic E-state index is -3.32. The quantitative estimate of drug-likeness (QED) is 0.774. The molecule has 2 N–H and O–H groups in total. The van der Waals surface area contributed by atoms with Crippen molar-refractivity contribution in [3.63, 3.8) is 0 Å². The Morgan fingerprint density at radius 1 is 1.12 bits per heavy atom. The van der Waals surface area contributed by atoms with Crippen LogP contribution in [0.5, 0.6) is 5.75 Å². The highest BCUT2D eigenvalue weighted by Crippen LogP contribution is 2.20. The number of aryl methyl sites for hydroxylation is 2. The molecule has 2 aromatic rings. The van der Waals surface area contributed by atoms with Gasteiger partial charge in [-0.2, -0.15) is 0 Å². The average molecular weight is 362 g/mol. The summed E-state index contributed by atoms with van der Waals surface area (Å²) in [7, 11) is -3.32. The van der Waals surface area contributed by atoms with Crippen molar-refractivity contribution in [2.24, 2.45) is 0 Å². The summed E-state index contributed by atoms with van der Waals surface area (Å²) in [6, 6.07) is 11.9. The van der Waals surface area contributed by atoms with Crippen LogP contribution < -0.4 is 15.4 Å². The van der Waals surface area contributed by atoms with Gasteiger partial charge in [0.2, 0.25) is 0 Å². The van der Waals surface area contributed by atoms with Gasteiger partial charge in [-0.25, -0.2) is 13.2 Å². The Bertz CT molecular complexity index is 863. The van der Waals surface area contributed by atoms with Crippen molar-refractivity contribution in [2.45, 2.75) is 18.7 Å². The summed E-state index contributed by atoms with van der Waals surface area (Å²) < 4.78 is 28.8. The molecule has 6 nitrogen and oxygen atoms in total. The first-order valence-electron chi connectivity index (χ1n) is 7.81. The van der Waals surface area contributed by atoms with Gasteiger partial charge in [0.05, 0.1) is 11.4 Å². The standard InChI is InChI=1S/C18H22N2O4S/c1-13-5-4-6-15(11-13)24-10-9-19-18(21)20-17-12-16(25(3,22)23)8-7-14(17)2/h4-8,11-12H,9-10H2,1-3H3,(H2,19,20,21). The molecular formula is C18H22N2O4S. The van der Waals surface area contributed by atoms with Gasteiger partial charge in [0.1, 0.15) is 12.4 Å². The number of amides is 2. The lowest BCUT2D eigenvalue weighted by atomic mass is 10.2. The van der Waals surface area contributed by atoms with E-state index in [4.69, 9.17) is 4.74 Å². The molecular weight excluding hydrogens is 340 g/mol. The number of carbonyl (C=O) groups excluding carboxylic acids is 1. The zero-order chi connectivity index (χ0) is 18.4. The van der Waals surface area contributed by atoms with Crippen LogP contribution in [-0.4, -0.2) is 33.9 Å². The summed E-state index contributed by atoms with van der Waals surface area (Å²) in [5.74, 6) is 0.749. The van der Waals surface area contributed by atoms with Gasteiger partial charge in [0, 0.05) is 11.9 Å². The number of anilines is 1. The number of carbonyl (C=O) groups is 1. The highest BCUT2D eigenvalue weighted by atomic mass is 32.2. The molecule has 0 saturated heterocycles. The van der Waals surface area contributed by atoms with Gasteiger partial charge in [-0.05, 0) is 49.2 Å². The molecule has 0 fully saturated rings. The van der Waals surface area contributed by atoms with Gasteiger partial charge in [-0.1, -0.05) is 18.2 Å². The molecule has 0 aliphatic heterocycles. The second-order valence-electron chi connectivity index (χ2n) is 5.79. The molecule has 2 amide bonds.